The Kier molecular flexibility index (Phi) is 4.60. The van der Waals surface area contributed by atoms with Crippen molar-refractivity contribution in [1.82, 2.24) is 4.90 Å². The fourth-order valence-electron chi connectivity index (χ4n) is 2.47. The van der Waals surface area contributed by atoms with Crippen molar-refractivity contribution in [1.29, 1.82) is 0 Å². The molecular weight excluding hydrogens is 184 g/mol. The summed E-state index contributed by atoms with van der Waals surface area (Å²) >= 11 is 0. The third-order valence-corrected chi connectivity index (χ3v) is 4.16. The Balaban J connectivity index is 2.50. The smallest absolute Gasteiger partial charge is 0.0243 e. The van der Waals surface area contributed by atoms with Crippen molar-refractivity contribution in [2.75, 3.05) is 19.6 Å². The van der Waals surface area contributed by atoms with Gasteiger partial charge in [-0.15, -0.1) is 0 Å². The Labute approximate surface area is 95.2 Å². The van der Waals surface area contributed by atoms with Gasteiger partial charge in [-0.3, -0.25) is 4.90 Å². The second-order valence-corrected chi connectivity index (χ2v) is 5.89. The highest BCUT2D eigenvalue weighted by molar-refractivity contribution is 4.85. The zero-order valence-electron chi connectivity index (χ0n) is 10.9. The van der Waals surface area contributed by atoms with Crippen LogP contribution < -0.4 is 5.73 Å². The number of nitrogens with two attached hydrogens (primary N) is 1. The average molecular weight is 212 g/mol. The van der Waals surface area contributed by atoms with Crippen LogP contribution in [0.4, 0.5) is 0 Å². The minimum atomic E-state index is 0.547. The van der Waals surface area contributed by atoms with Crippen LogP contribution in [0, 0.1) is 11.3 Å². The molecule has 0 spiro atoms. The van der Waals surface area contributed by atoms with Gasteiger partial charge < -0.3 is 5.73 Å². The van der Waals surface area contributed by atoms with Crippen molar-refractivity contribution < 1.29 is 0 Å². The molecule has 15 heavy (non-hydrogen) atoms. The number of piperidine rings is 1. The minimum Gasteiger partial charge on any atom is -0.329 e. The molecule has 0 aromatic carbocycles. The number of nitrogens with zero attached hydrogens (tertiary/aromatic N) is 1. The predicted molar refractivity (Wildman–Crippen MR) is 66.9 cm³/mol. The molecule has 0 aliphatic carbocycles. The fourth-order valence-corrected chi connectivity index (χ4v) is 2.47. The van der Waals surface area contributed by atoms with E-state index in [1.807, 2.05) is 0 Å². The SMILES string of the molecule is CCC(C)C(CN)N1CCC(C)(C)CC1. The molecular formula is C13H28N2. The lowest BCUT2D eigenvalue weighted by Gasteiger charge is -2.42. The second-order valence-electron chi connectivity index (χ2n) is 5.89. The summed E-state index contributed by atoms with van der Waals surface area (Å²) in [6.07, 6.45) is 3.88. The van der Waals surface area contributed by atoms with Gasteiger partial charge in [-0.05, 0) is 37.3 Å². The molecule has 2 nitrogen and oxygen atoms in total. The molecule has 0 saturated carbocycles. The lowest BCUT2D eigenvalue weighted by Crippen LogP contribution is -2.49. The molecule has 90 valence electrons. The monoisotopic (exact) mass is 212 g/mol. The first-order chi connectivity index (χ1) is 7.00. The third kappa shape index (κ3) is 3.46. The molecule has 2 N–H and O–H groups in total. The van der Waals surface area contributed by atoms with Crippen LogP contribution >= 0.6 is 0 Å². The van der Waals surface area contributed by atoms with Crippen molar-refractivity contribution in [3.05, 3.63) is 0 Å². The molecule has 0 aromatic heterocycles. The predicted octanol–water partition coefficient (Wildman–Crippen LogP) is 2.48. The Hall–Kier alpha value is -0.0800. The van der Waals surface area contributed by atoms with Gasteiger partial charge in [-0.1, -0.05) is 34.1 Å². The highest BCUT2D eigenvalue weighted by atomic mass is 15.2. The number of likely N-dealkylation sites (tertiary alicyclic amines) is 1. The molecule has 1 fully saturated rings. The summed E-state index contributed by atoms with van der Waals surface area (Å²) in [4.78, 5) is 2.61. The summed E-state index contributed by atoms with van der Waals surface area (Å²) in [5, 5.41) is 0. The molecule has 1 aliphatic heterocycles. The van der Waals surface area contributed by atoms with Crippen LogP contribution in [0.25, 0.3) is 0 Å². The average Bonchev–Trinajstić information content (AvgIpc) is 2.21. The Bertz CT molecular complexity index is 179. The standard InChI is InChI=1S/C13H28N2/c1-5-11(2)12(10-14)15-8-6-13(3,4)7-9-15/h11-12H,5-10,14H2,1-4H3. The quantitative estimate of drug-likeness (QED) is 0.776. The lowest BCUT2D eigenvalue weighted by atomic mass is 9.81. The van der Waals surface area contributed by atoms with Gasteiger partial charge in [-0.25, -0.2) is 0 Å². The Morgan fingerprint density at radius 3 is 2.20 bits per heavy atom. The van der Waals surface area contributed by atoms with Crippen molar-refractivity contribution >= 4 is 0 Å². The zero-order chi connectivity index (χ0) is 11.5. The van der Waals surface area contributed by atoms with Crippen LogP contribution in [0.2, 0.25) is 0 Å². The topological polar surface area (TPSA) is 29.3 Å². The first-order valence-electron chi connectivity index (χ1n) is 6.44. The normalized spacial score (nSPS) is 26.2. The van der Waals surface area contributed by atoms with Gasteiger partial charge in [0.2, 0.25) is 0 Å². The summed E-state index contributed by atoms with van der Waals surface area (Å²) in [6.45, 7) is 12.6. The van der Waals surface area contributed by atoms with Crippen molar-refractivity contribution in [2.24, 2.45) is 17.1 Å². The van der Waals surface area contributed by atoms with E-state index in [2.05, 4.69) is 32.6 Å². The molecule has 0 amide bonds. The highest BCUT2D eigenvalue weighted by Gasteiger charge is 2.30. The molecule has 2 atom stereocenters. The second kappa shape index (κ2) is 5.31. The van der Waals surface area contributed by atoms with Crippen molar-refractivity contribution in [3.63, 3.8) is 0 Å². The first kappa shape index (κ1) is 13.0. The van der Waals surface area contributed by atoms with E-state index in [-0.39, 0.29) is 0 Å². The van der Waals surface area contributed by atoms with Gasteiger partial charge in [0.25, 0.3) is 0 Å². The first-order valence-corrected chi connectivity index (χ1v) is 6.44. The molecule has 0 bridgehead atoms. The van der Waals surface area contributed by atoms with Crippen LogP contribution in [0.3, 0.4) is 0 Å². The van der Waals surface area contributed by atoms with E-state index in [1.54, 1.807) is 0 Å². The maximum absolute atomic E-state index is 5.91. The molecule has 1 heterocycles. The molecule has 1 aliphatic rings. The van der Waals surface area contributed by atoms with Crippen LogP contribution in [0.15, 0.2) is 0 Å². The maximum atomic E-state index is 5.91. The lowest BCUT2D eigenvalue weighted by molar-refractivity contribution is 0.0724. The minimum absolute atomic E-state index is 0.547. The molecule has 2 heteroatoms. The maximum Gasteiger partial charge on any atom is 0.0243 e. The van der Waals surface area contributed by atoms with E-state index >= 15 is 0 Å². The Morgan fingerprint density at radius 2 is 1.80 bits per heavy atom. The van der Waals surface area contributed by atoms with Crippen molar-refractivity contribution in [3.8, 4) is 0 Å². The summed E-state index contributed by atoms with van der Waals surface area (Å²) in [7, 11) is 0. The third-order valence-electron chi connectivity index (χ3n) is 4.16. The van der Waals surface area contributed by atoms with Gasteiger partial charge in [-0.2, -0.15) is 0 Å². The molecule has 0 radical (unpaired) electrons. The van der Waals surface area contributed by atoms with E-state index in [9.17, 15) is 0 Å². The highest BCUT2D eigenvalue weighted by Crippen LogP contribution is 2.31. The van der Waals surface area contributed by atoms with Crippen LogP contribution in [0.1, 0.15) is 47.0 Å². The van der Waals surface area contributed by atoms with Crippen LogP contribution in [-0.4, -0.2) is 30.6 Å². The molecule has 1 saturated heterocycles. The van der Waals surface area contributed by atoms with E-state index < -0.39 is 0 Å². The van der Waals surface area contributed by atoms with E-state index in [1.165, 1.54) is 32.4 Å². The zero-order valence-corrected chi connectivity index (χ0v) is 10.9. The molecule has 2 unspecified atom stereocenters. The fraction of sp³-hybridized carbons (Fsp3) is 1.00. The summed E-state index contributed by atoms with van der Waals surface area (Å²) in [6, 6.07) is 0.603. The van der Waals surface area contributed by atoms with Gasteiger partial charge >= 0.3 is 0 Å². The van der Waals surface area contributed by atoms with Crippen LogP contribution in [-0.2, 0) is 0 Å². The van der Waals surface area contributed by atoms with Gasteiger partial charge in [0, 0.05) is 12.6 Å². The molecule has 1 rings (SSSR count). The number of hydrogen-bond donors (Lipinski definition) is 1. The van der Waals surface area contributed by atoms with Crippen molar-refractivity contribution in [2.45, 2.75) is 53.0 Å². The number of hydrogen-bond acceptors (Lipinski definition) is 2. The van der Waals surface area contributed by atoms with E-state index in [0.717, 1.165) is 12.5 Å². The summed E-state index contributed by atoms with van der Waals surface area (Å²) in [5.74, 6) is 0.733. The van der Waals surface area contributed by atoms with Gasteiger partial charge in [0.05, 0.1) is 0 Å². The molecule has 0 aromatic rings. The number of rotatable bonds is 4. The van der Waals surface area contributed by atoms with E-state index in [0.29, 0.717) is 11.5 Å². The van der Waals surface area contributed by atoms with E-state index in [4.69, 9.17) is 5.73 Å². The van der Waals surface area contributed by atoms with Gasteiger partial charge in [0.1, 0.15) is 0 Å². The summed E-state index contributed by atoms with van der Waals surface area (Å²) < 4.78 is 0. The summed E-state index contributed by atoms with van der Waals surface area (Å²) in [5.41, 5.74) is 6.45. The Morgan fingerprint density at radius 1 is 1.27 bits per heavy atom. The van der Waals surface area contributed by atoms with Crippen LogP contribution in [0.5, 0.6) is 0 Å². The van der Waals surface area contributed by atoms with Gasteiger partial charge in [0.15, 0.2) is 0 Å². The largest absolute Gasteiger partial charge is 0.329 e.